The van der Waals surface area contributed by atoms with Crippen LogP contribution in [0.25, 0.3) is 23.1 Å². The molecule has 3 nitrogen and oxygen atoms in total. The third-order valence-corrected chi connectivity index (χ3v) is 3.77. The molecule has 0 aliphatic rings. The van der Waals surface area contributed by atoms with Gasteiger partial charge < -0.3 is 9.47 Å². The Bertz CT molecular complexity index is 979. The normalized spacial score (nSPS) is 11.7. The Morgan fingerprint density at radius 2 is 1.59 bits per heavy atom. The predicted molar refractivity (Wildman–Crippen MR) is 95.4 cm³/mol. The summed E-state index contributed by atoms with van der Waals surface area (Å²) in [6.07, 6.45) is 3.07. The molecule has 3 aromatic rings. The van der Waals surface area contributed by atoms with Crippen molar-refractivity contribution < 1.29 is 27.0 Å². The maximum Gasteiger partial charge on any atom is 0.387 e. The lowest BCUT2D eigenvalue weighted by Crippen LogP contribution is -2.05. The van der Waals surface area contributed by atoms with E-state index >= 15 is 0 Å². The van der Waals surface area contributed by atoms with E-state index in [2.05, 4.69) is 14.5 Å². The Morgan fingerprint density at radius 1 is 0.852 bits per heavy atom. The van der Waals surface area contributed by atoms with Crippen molar-refractivity contribution in [2.24, 2.45) is 0 Å². The van der Waals surface area contributed by atoms with Crippen molar-refractivity contribution in [1.29, 1.82) is 0 Å². The van der Waals surface area contributed by atoms with Crippen LogP contribution in [0, 0.1) is 0 Å². The maximum atomic E-state index is 12.6. The number of rotatable bonds is 6. The number of pyridine rings is 1. The summed E-state index contributed by atoms with van der Waals surface area (Å²) in [6.45, 7) is -6.18. The molecule has 140 valence electrons. The van der Waals surface area contributed by atoms with Gasteiger partial charge in [0.05, 0.1) is 11.2 Å². The number of benzene rings is 2. The van der Waals surface area contributed by atoms with Gasteiger partial charge in [-0.3, -0.25) is 0 Å². The first-order chi connectivity index (χ1) is 12.9. The minimum Gasteiger partial charge on any atom is -0.435 e. The fourth-order valence-electron chi connectivity index (χ4n) is 2.40. The zero-order chi connectivity index (χ0) is 19.4. The second-order valence-electron chi connectivity index (χ2n) is 5.36. The highest BCUT2D eigenvalue weighted by Gasteiger charge is 2.12. The minimum atomic E-state index is -3.11. The number of nitrogens with zero attached hydrogens (tertiary/aromatic N) is 1. The molecule has 0 radical (unpaired) electrons. The van der Waals surface area contributed by atoms with Crippen molar-refractivity contribution >= 4 is 34.7 Å². The van der Waals surface area contributed by atoms with Gasteiger partial charge in [0.1, 0.15) is 11.5 Å². The molecule has 27 heavy (non-hydrogen) atoms. The zero-order valence-corrected chi connectivity index (χ0v) is 14.3. The molecule has 0 fully saturated rings. The lowest BCUT2D eigenvalue weighted by atomic mass is 10.1. The SMILES string of the molecule is FC(F)Oc1ccc(/C=C/c2ccc3ccc(Cl)cc3n2)c(OC(F)F)c1. The van der Waals surface area contributed by atoms with Crippen LogP contribution in [0.1, 0.15) is 11.3 Å². The monoisotopic (exact) mass is 397 g/mol. The first kappa shape index (κ1) is 19.0. The summed E-state index contributed by atoms with van der Waals surface area (Å²) in [4.78, 5) is 4.41. The summed E-state index contributed by atoms with van der Waals surface area (Å²) < 4.78 is 58.4. The van der Waals surface area contributed by atoms with Crippen molar-refractivity contribution in [2.75, 3.05) is 0 Å². The van der Waals surface area contributed by atoms with Crippen LogP contribution in [0.15, 0.2) is 48.5 Å². The van der Waals surface area contributed by atoms with Gasteiger partial charge >= 0.3 is 13.2 Å². The number of alkyl halides is 4. The van der Waals surface area contributed by atoms with Crippen molar-refractivity contribution in [3.05, 3.63) is 64.8 Å². The first-order valence-electron chi connectivity index (χ1n) is 7.69. The van der Waals surface area contributed by atoms with Crippen molar-refractivity contribution in [3.8, 4) is 11.5 Å². The average molecular weight is 398 g/mol. The van der Waals surface area contributed by atoms with Gasteiger partial charge in [0.25, 0.3) is 0 Å². The van der Waals surface area contributed by atoms with Gasteiger partial charge in [-0.25, -0.2) is 4.98 Å². The van der Waals surface area contributed by atoms with E-state index in [1.165, 1.54) is 18.2 Å². The molecule has 0 N–H and O–H groups in total. The van der Waals surface area contributed by atoms with Gasteiger partial charge in [-0.1, -0.05) is 23.7 Å². The van der Waals surface area contributed by atoms with Crippen LogP contribution in [0.4, 0.5) is 17.6 Å². The topological polar surface area (TPSA) is 31.4 Å². The number of halogens is 5. The second kappa shape index (κ2) is 8.26. The molecular formula is C19H12ClF4NO2. The number of hydrogen-bond donors (Lipinski definition) is 0. The number of aromatic nitrogens is 1. The van der Waals surface area contributed by atoms with Crippen LogP contribution >= 0.6 is 11.6 Å². The van der Waals surface area contributed by atoms with Crippen molar-refractivity contribution in [3.63, 3.8) is 0 Å². The van der Waals surface area contributed by atoms with Crippen LogP contribution in [0.5, 0.6) is 11.5 Å². The van der Waals surface area contributed by atoms with Gasteiger partial charge in [0.15, 0.2) is 0 Å². The van der Waals surface area contributed by atoms with Gasteiger partial charge in [-0.05, 0) is 42.5 Å². The standard InChI is InChI=1S/C19H12ClF4NO2/c20-13-5-1-11-2-6-14(25-16(11)9-13)7-3-12-4-8-15(26-18(21)22)10-17(12)27-19(23)24/h1-10,18-19H/b7-3+. The fraction of sp³-hybridized carbons (Fsp3) is 0.105. The van der Waals surface area contributed by atoms with Crippen LogP contribution in [-0.2, 0) is 0 Å². The first-order valence-corrected chi connectivity index (χ1v) is 8.06. The number of hydrogen-bond acceptors (Lipinski definition) is 3. The Morgan fingerprint density at radius 3 is 2.33 bits per heavy atom. The molecule has 0 bridgehead atoms. The molecule has 0 saturated heterocycles. The Kier molecular flexibility index (Phi) is 5.81. The van der Waals surface area contributed by atoms with Gasteiger partial charge in [0.2, 0.25) is 0 Å². The summed E-state index contributed by atoms with van der Waals surface area (Å²) in [5.41, 5.74) is 1.49. The Hall–Kier alpha value is -2.80. The van der Waals surface area contributed by atoms with E-state index in [0.29, 0.717) is 16.2 Å². The highest BCUT2D eigenvalue weighted by Crippen LogP contribution is 2.29. The van der Waals surface area contributed by atoms with E-state index in [-0.39, 0.29) is 17.1 Å². The summed E-state index contributed by atoms with van der Waals surface area (Å²) in [6, 6.07) is 12.4. The molecular weight excluding hydrogens is 386 g/mol. The third-order valence-electron chi connectivity index (χ3n) is 3.54. The van der Waals surface area contributed by atoms with E-state index < -0.39 is 13.2 Å². The van der Waals surface area contributed by atoms with E-state index in [1.54, 1.807) is 24.3 Å². The predicted octanol–water partition coefficient (Wildman–Crippen LogP) is 6.26. The van der Waals surface area contributed by atoms with Gasteiger partial charge in [-0.2, -0.15) is 17.6 Å². The largest absolute Gasteiger partial charge is 0.435 e. The fourth-order valence-corrected chi connectivity index (χ4v) is 2.57. The van der Waals surface area contributed by atoms with E-state index in [4.69, 9.17) is 11.6 Å². The number of ether oxygens (including phenoxy) is 2. The molecule has 0 aliphatic heterocycles. The molecule has 8 heteroatoms. The van der Waals surface area contributed by atoms with Crippen LogP contribution in [0.3, 0.4) is 0 Å². The van der Waals surface area contributed by atoms with E-state index in [0.717, 1.165) is 11.5 Å². The summed E-state index contributed by atoms with van der Waals surface area (Å²) in [7, 11) is 0. The Balaban J connectivity index is 1.91. The molecule has 0 unspecified atom stereocenters. The molecule has 0 atom stereocenters. The molecule has 0 amide bonds. The molecule has 3 rings (SSSR count). The van der Waals surface area contributed by atoms with Crippen LogP contribution in [0.2, 0.25) is 5.02 Å². The maximum absolute atomic E-state index is 12.6. The van der Waals surface area contributed by atoms with E-state index in [9.17, 15) is 17.6 Å². The molecule has 0 spiro atoms. The highest BCUT2D eigenvalue weighted by molar-refractivity contribution is 6.31. The van der Waals surface area contributed by atoms with Gasteiger partial charge in [-0.15, -0.1) is 0 Å². The quantitative estimate of drug-likeness (QED) is 0.460. The molecule has 0 saturated carbocycles. The molecule has 1 heterocycles. The summed E-state index contributed by atoms with van der Waals surface area (Å²) >= 11 is 5.95. The second-order valence-corrected chi connectivity index (χ2v) is 5.80. The van der Waals surface area contributed by atoms with Crippen molar-refractivity contribution in [1.82, 2.24) is 4.98 Å². The third kappa shape index (κ3) is 5.10. The van der Waals surface area contributed by atoms with Crippen LogP contribution < -0.4 is 9.47 Å². The highest BCUT2D eigenvalue weighted by atomic mass is 35.5. The average Bonchev–Trinajstić information content (AvgIpc) is 2.59. The van der Waals surface area contributed by atoms with Gasteiger partial charge in [0, 0.05) is 22.0 Å². The number of fused-ring (bicyclic) bond motifs is 1. The molecule has 1 aromatic heterocycles. The minimum absolute atomic E-state index is 0.255. The smallest absolute Gasteiger partial charge is 0.387 e. The summed E-state index contributed by atoms with van der Waals surface area (Å²) in [5.74, 6) is -0.570. The molecule has 2 aromatic carbocycles. The molecule has 0 aliphatic carbocycles. The lowest BCUT2D eigenvalue weighted by Gasteiger charge is -2.11. The zero-order valence-electron chi connectivity index (χ0n) is 13.6. The lowest BCUT2D eigenvalue weighted by molar-refractivity contribution is -0.0543. The Labute approximate surface area is 156 Å². The summed E-state index contributed by atoms with van der Waals surface area (Å²) in [5, 5.41) is 1.44. The van der Waals surface area contributed by atoms with Crippen LogP contribution in [-0.4, -0.2) is 18.2 Å². The van der Waals surface area contributed by atoms with Crippen molar-refractivity contribution in [2.45, 2.75) is 13.2 Å². The van der Waals surface area contributed by atoms with E-state index in [1.807, 2.05) is 12.1 Å².